The number of aliphatic hydroxyl groups excluding tert-OH is 1. The fraction of sp³-hybridized carbons (Fsp3) is 0.562. The number of methoxy groups -OCH3 is 1. The van der Waals surface area contributed by atoms with Gasteiger partial charge in [0.25, 0.3) is 11.8 Å². The van der Waals surface area contributed by atoms with Crippen molar-refractivity contribution in [3.63, 3.8) is 0 Å². The number of aromatic nitrogens is 1. The molecule has 16 atom stereocenters. The number of benzene rings is 4. The molecule has 10 amide bonds. The third kappa shape index (κ3) is 18.4. The van der Waals surface area contributed by atoms with E-state index < -0.39 is 273 Å². The van der Waals surface area contributed by atoms with E-state index in [-0.39, 0.29) is 94.8 Å². The van der Waals surface area contributed by atoms with Gasteiger partial charge in [0.15, 0.2) is 29.2 Å². The number of rotatable bonds is 12. The number of ether oxygens (including phenoxy) is 5. The van der Waals surface area contributed by atoms with Crippen molar-refractivity contribution in [3.05, 3.63) is 96.2 Å². The number of nitrogens with zero attached hydrogens (tertiary/aromatic N) is 7. The van der Waals surface area contributed by atoms with Crippen LogP contribution in [0.2, 0.25) is 0 Å². The van der Waals surface area contributed by atoms with Gasteiger partial charge in [0.2, 0.25) is 58.5 Å². The number of phenolic OH excluding ortho intramolecular Hbond substituents is 2. The van der Waals surface area contributed by atoms with Gasteiger partial charge in [0, 0.05) is 88.8 Å². The molecule has 12 rings (SSSR count). The topological polar surface area (TPSA) is 546 Å². The van der Waals surface area contributed by atoms with E-state index in [2.05, 4.69) is 21.3 Å². The number of carbonyl (C=O) groups is 15. The summed E-state index contributed by atoms with van der Waals surface area (Å²) < 4.78 is 35.4. The Morgan fingerprint density at radius 3 is 1.63 bits per heavy atom. The molecule has 3 aromatic carbocycles. The Labute approximate surface area is 738 Å². The summed E-state index contributed by atoms with van der Waals surface area (Å²) in [5, 5.41) is 54.8. The standard InChI is InChI=1S/C62H86N12O16.C27H29NO10/c1-27(2)42-59(84)73-23-17-19-36(73)57(82)69(13)25-38(75)71(15)48(29(5)6)61(86)88-33(11)44(55(80)65-42)67-53(78)35-22-21-31(9)51-46(35)64-47-40(41(63)50(77)32(10)52(47)90-51)54(79)68-45-34(12)89-62(87)49(30(7)8)72(16)39(76)26-70(14)58(83)37-20-18-24-74(37)60(85)43(28(3)4)66-56(45)81;1-10-22(30)14(28)7-17(37-10)38-16-9-27(35,11(2)29)8-13-19(16)26(34)21-20(24(13)32)23(31)12-5-4-6-15(36-3)18(12)25(21)33/h21-22,27-30,33-34,36-37,42-45,48-49H,17-20,23-26,63H2,1-16H3,(H,65,80)(H,66,81)(H,67,78)(H,68,79);4-6,10,14,16-17,22,30,32,34-35H,7-9,28H2,1-3H3/t33-,34-,36+,37+,42-,43-,44+,45+,48+,49+;10-,14-,16-,17-,22+,27-/m10/s1. The molecule has 128 heavy (non-hydrogen) atoms. The number of ketones is 3. The summed E-state index contributed by atoms with van der Waals surface area (Å²) in [5.74, 6) is -15.5. The predicted molar refractivity (Wildman–Crippen MR) is 456 cm³/mol. The minimum atomic E-state index is -2.00. The second-order valence-corrected chi connectivity index (χ2v) is 35.7. The van der Waals surface area contributed by atoms with Crippen LogP contribution in [0.3, 0.4) is 0 Å². The molecule has 39 nitrogen and oxygen atoms in total. The molecule has 3 aliphatic carbocycles. The van der Waals surface area contributed by atoms with Crippen molar-refractivity contribution in [2.45, 2.75) is 239 Å². The summed E-state index contributed by atoms with van der Waals surface area (Å²) in [6, 6.07) is -4.15. The number of phenols is 2. The number of hydrogen-bond acceptors (Lipinski definition) is 29. The zero-order valence-electron chi connectivity index (χ0n) is 75.2. The molecule has 12 N–H and O–H groups in total. The number of cyclic esters (lactones) is 2. The maximum Gasteiger partial charge on any atom is 0.329 e. The zero-order chi connectivity index (χ0) is 94.7. The first-order valence-corrected chi connectivity index (χ1v) is 42.8. The SMILES string of the molecule is COc1cccc2c1C(=O)c1c(O)c3c(c(O)c1C2=O)C[C@@](O)(C(C)=O)C[C@@H]3O[C@H]1C[C@H](N)[C@H](O)[C@H](C)O1.Cc1c2oc3c(C)ccc(C(=O)N[C@@H]4C(=O)N[C@H](C(C)C)C(=O)N5CCC[C@H]5C(=O)N(C)CC(=O)N(C)[C@@H](C(C)C)C(=O)O[C@@H]4C)c3nc-2c(C(=O)N[C@@H]2C(=O)N[C@H](C(C)C)C(=O)N3CCC[C@H]3C(=O)N(C)CC(=O)N(C)[C@@H](C(C)C)C(=O)O[C@@H]2C)c(N)c1=O. The molecule has 39 heteroatoms. The van der Waals surface area contributed by atoms with Gasteiger partial charge in [-0.05, 0) is 109 Å². The molecule has 0 radical (unpaired) electrons. The number of esters is 2. The Morgan fingerprint density at radius 2 is 1.16 bits per heavy atom. The Morgan fingerprint density at radius 1 is 0.656 bits per heavy atom. The fourth-order valence-corrected chi connectivity index (χ4v) is 17.9. The third-order valence-corrected chi connectivity index (χ3v) is 25.3. The average Bonchev–Trinajstić information content (AvgIpc) is 0.850. The lowest BCUT2D eigenvalue weighted by Crippen LogP contribution is -2.61. The lowest BCUT2D eigenvalue weighted by Gasteiger charge is -2.42. The van der Waals surface area contributed by atoms with Crippen molar-refractivity contribution in [2.24, 2.45) is 29.4 Å². The van der Waals surface area contributed by atoms with Crippen LogP contribution in [-0.4, -0.2) is 295 Å². The molecule has 3 aromatic rings. The van der Waals surface area contributed by atoms with E-state index in [1.54, 1.807) is 69.2 Å². The molecule has 6 aliphatic heterocycles. The summed E-state index contributed by atoms with van der Waals surface area (Å²) in [6.07, 6.45) is -6.18. The van der Waals surface area contributed by atoms with Crippen LogP contribution in [0.1, 0.15) is 203 Å². The molecular weight excluding hydrogens is 1670 g/mol. The maximum absolute atomic E-state index is 15.2. The molecule has 5 fully saturated rings. The van der Waals surface area contributed by atoms with Crippen LogP contribution in [0.5, 0.6) is 17.2 Å². The zero-order valence-corrected chi connectivity index (χ0v) is 75.2. The van der Waals surface area contributed by atoms with Crippen LogP contribution >= 0.6 is 0 Å². The van der Waals surface area contributed by atoms with Crippen LogP contribution in [0.4, 0.5) is 5.69 Å². The highest BCUT2D eigenvalue weighted by atomic mass is 16.7. The lowest BCUT2D eigenvalue weighted by molar-refractivity contribution is -0.247. The smallest absolute Gasteiger partial charge is 0.329 e. The van der Waals surface area contributed by atoms with E-state index in [1.165, 1.54) is 113 Å². The van der Waals surface area contributed by atoms with E-state index in [1.807, 2.05) is 0 Å². The first-order chi connectivity index (χ1) is 60.0. The minimum Gasteiger partial charge on any atom is -0.507 e. The number of nitrogens with one attached hydrogen (secondary N) is 4. The molecule has 692 valence electrons. The van der Waals surface area contributed by atoms with Crippen LogP contribution in [0.25, 0.3) is 22.6 Å². The molecule has 6 heterocycles. The van der Waals surface area contributed by atoms with Gasteiger partial charge in [-0.1, -0.05) is 73.6 Å². The number of aromatic hydroxyl groups is 2. The largest absolute Gasteiger partial charge is 0.507 e. The number of nitrogens with two attached hydrogens (primary N) is 2. The molecule has 0 spiro atoms. The molecule has 0 bridgehead atoms. The third-order valence-electron chi connectivity index (χ3n) is 25.3. The second kappa shape index (κ2) is 38.1. The number of aliphatic hydroxyl groups is 2. The number of anilines is 1. The Hall–Kier alpha value is -12.1. The van der Waals surface area contributed by atoms with Crippen molar-refractivity contribution in [2.75, 3.05) is 67.2 Å². The second-order valence-electron chi connectivity index (χ2n) is 35.7. The molecule has 5 saturated heterocycles. The molecular formula is C89H115N13O26. The average molecular weight is 1780 g/mol. The van der Waals surface area contributed by atoms with Gasteiger partial charge in [-0.3, -0.25) is 67.1 Å². The van der Waals surface area contributed by atoms with Crippen LogP contribution in [0.15, 0.2) is 39.5 Å². The summed E-state index contributed by atoms with van der Waals surface area (Å²) >= 11 is 0. The highest BCUT2D eigenvalue weighted by Gasteiger charge is 2.52. The van der Waals surface area contributed by atoms with Crippen molar-refractivity contribution in [1.29, 1.82) is 0 Å². The van der Waals surface area contributed by atoms with Crippen molar-refractivity contribution in [3.8, 4) is 28.7 Å². The molecule has 9 aliphatic rings. The van der Waals surface area contributed by atoms with E-state index in [4.69, 9.17) is 44.6 Å². The number of carbonyl (C=O) groups excluding carboxylic acids is 15. The number of likely N-dealkylation sites (N-methyl/N-ethyl adjacent to an activating group) is 4. The quantitative estimate of drug-likeness (QED) is 0.0361. The number of Topliss-reactive ketones (excluding diaryl/α,β-unsaturated/α-hetero) is 1. The Bertz CT molecular complexity index is 5360. The molecule has 0 aromatic heterocycles. The summed E-state index contributed by atoms with van der Waals surface area (Å²) in [5.41, 5.74) is 6.54. The van der Waals surface area contributed by atoms with Gasteiger partial charge in [0.1, 0.15) is 94.6 Å². The van der Waals surface area contributed by atoms with Gasteiger partial charge < -0.3 is 111 Å². The molecule has 0 saturated carbocycles. The number of aryl methyl sites for hydroxylation is 1. The number of fused-ring (bicyclic) bond motifs is 7. The first-order valence-electron chi connectivity index (χ1n) is 42.8. The molecule has 0 unspecified atom stereocenters. The van der Waals surface area contributed by atoms with E-state index >= 15 is 9.59 Å². The number of hydrogen-bond donors (Lipinski definition) is 10. The van der Waals surface area contributed by atoms with Gasteiger partial charge in [-0.15, -0.1) is 0 Å². The first kappa shape index (κ1) is 96.6. The van der Waals surface area contributed by atoms with Gasteiger partial charge in [-0.2, -0.15) is 0 Å². The van der Waals surface area contributed by atoms with Crippen LogP contribution < -0.4 is 42.9 Å². The highest BCUT2D eigenvalue weighted by molar-refractivity contribution is 6.31. The lowest BCUT2D eigenvalue weighted by atomic mass is 9.72. The summed E-state index contributed by atoms with van der Waals surface area (Å²) in [6.45, 7) is 21.2. The monoisotopic (exact) mass is 1780 g/mol. The number of nitrogen functional groups attached to an aromatic ring is 1. The van der Waals surface area contributed by atoms with Gasteiger partial charge in [-0.25, -0.2) is 14.6 Å². The Kier molecular flexibility index (Phi) is 28.7. The van der Waals surface area contributed by atoms with Crippen LogP contribution in [-0.2, 0) is 78.1 Å². The van der Waals surface area contributed by atoms with Crippen LogP contribution in [0, 0.1) is 37.5 Å². The van der Waals surface area contributed by atoms with Crippen molar-refractivity contribution >= 4 is 105 Å². The normalized spacial score (nSPS) is 27.4. The highest BCUT2D eigenvalue weighted by Crippen LogP contribution is 2.53. The summed E-state index contributed by atoms with van der Waals surface area (Å²) in [4.78, 5) is 239. The van der Waals surface area contributed by atoms with Crippen molar-refractivity contribution in [1.82, 2.24) is 55.7 Å². The minimum absolute atomic E-state index is 0.0147. The van der Waals surface area contributed by atoms with Gasteiger partial charge in [0.05, 0.1) is 72.0 Å². The fourth-order valence-electron chi connectivity index (χ4n) is 17.9. The maximum atomic E-state index is 15.2. The number of amides is 10. The van der Waals surface area contributed by atoms with E-state index in [9.17, 15) is 87.5 Å². The van der Waals surface area contributed by atoms with E-state index in [0.29, 0.717) is 18.4 Å². The Balaban J connectivity index is 0.000000344. The van der Waals surface area contributed by atoms with Crippen molar-refractivity contribution < 1.29 is 120 Å². The van der Waals surface area contributed by atoms with Gasteiger partial charge >= 0.3 is 11.9 Å². The van der Waals surface area contributed by atoms with E-state index in [0.717, 1.165) is 9.80 Å². The predicted octanol–water partition coefficient (Wildman–Crippen LogP) is 1.75. The summed E-state index contributed by atoms with van der Waals surface area (Å²) in [7, 11) is 6.92.